The average molecular weight is 476 g/mol. The van der Waals surface area contributed by atoms with Crippen molar-refractivity contribution in [1.82, 2.24) is 9.80 Å². The quantitative estimate of drug-likeness (QED) is 0.506. The molecule has 0 spiro atoms. The van der Waals surface area contributed by atoms with Crippen LogP contribution in [0.5, 0.6) is 5.75 Å². The average Bonchev–Trinajstić information content (AvgIpc) is 2.89. The standard InChI is InChI=1S/C27H26FN3O4/c28-22-8-10-23(11-9-22)29-25(32)18-30-14-16-31(17-15-30)26(33)19-35-24-12-6-21(7-13-24)27(34)20-4-2-1-3-5-20/h1-13H,14-19H2,(H,29,32). The zero-order valence-electron chi connectivity index (χ0n) is 19.2. The van der Waals surface area contributed by atoms with Crippen LogP contribution in [0.1, 0.15) is 15.9 Å². The summed E-state index contributed by atoms with van der Waals surface area (Å²) in [6.45, 7) is 2.23. The Bertz CT molecular complexity index is 1160. The Balaban J connectivity index is 1.19. The lowest BCUT2D eigenvalue weighted by Gasteiger charge is -2.34. The molecule has 35 heavy (non-hydrogen) atoms. The summed E-state index contributed by atoms with van der Waals surface area (Å²) in [4.78, 5) is 40.9. The lowest BCUT2D eigenvalue weighted by atomic mass is 10.0. The summed E-state index contributed by atoms with van der Waals surface area (Å²) in [5, 5.41) is 2.74. The molecule has 0 aromatic heterocycles. The van der Waals surface area contributed by atoms with E-state index in [2.05, 4.69) is 5.32 Å². The van der Waals surface area contributed by atoms with Gasteiger partial charge in [0.1, 0.15) is 11.6 Å². The predicted octanol–water partition coefficient (Wildman–Crippen LogP) is 3.22. The molecule has 1 saturated heterocycles. The van der Waals surface area contributed by atoms with E-state index in [0.717, 1.165) is 0 Å². The largest absolute Gasteiger partial charge is 0.484 e. The van der Waals surface area contributed by atoms with Gasteiger partial charge in [-0.25, -0.2) is 4.39 Å². The second-order valence-corrected chi connectivity index (χ2v) is 8.22. The number of ether oxygens (including phenoxy) is 1. The van der Waals surface area contributed by atoms with Gasteiger partial charge in [-0.3, -0.25) is 19.3 Å². The van der Waals surface area contributed by atoms with E-state index in [-0.39, 0.29) is 36.6 Å². The maximum Gasteiger partial charge on any atom is 0.260 e. The van der Waals surface area contributed by atoms with Crippen LogP contribution in [0.15, 0.2) is 78.9 Å². The minimum atomic E-state index is -0.358. The van der Waals surface area contributed by atoms with E-state index < -0.39 is 0 Å². The fraction of sp³-hybridized carbons (Fsp3) is 0.222. The van der Waals surface area contributed by atoms with Crippen molar-refractivity contribution in [2.24, 2.45) is 0 Å². The Morgan fingerprint density at radius 2 is 1.43 bits per heavy atom. The van der Waals surface area contributed by atoms with Gasteiger partial charge in [0.25, 0.3) is 5.91 Å². The van der Waals surface area contributed by atoms with Gasteiger partial charge in [-0.1, -0.05) is 30.3 Å². The summed E-state index contributed by atoms with van der Waals surface area (Å²) >= 11 is 0. The van der Waals surface area contributed by atoms with Crippen LogP contribution in [-0.4, -0.2) is 66.7 Å². The molecule has 7 nitrogen and oxygen atoms in total. The molecule has 180 valence electrons. The van der Waals surface area contributed by atoms with E-state index in [4.69, 9.17) is 4.74 Å². The predicted molar refractivity (Wildman–Crippen MR) is 130 cm³/mol. The first-order valence-electron chi connectivity index (χ1n) is 11.4. The van der Waals surface area contributed by atoms with E-state index in [9.17, 15) is 18.8 Å². The van der Waals surface area contributed by atoms with Crippen molar-refractivity contribution in [2.45, 2.75) is 0 Å². The number of hydrogen-bond acceptors (Lipinski definition) is 5. The van der Waals surface area contributed by atoms with Crippen molar-refractivity contribution in [3.05, 3.63) is 95.8 Å². The molecule has 8 heteroatoms. The van der Waals surface area contributed by atoms with Crippen LogP contribution in [0.4, 0.5) is 10.1 Å². The molecule has 1 N–H and O–H groups in total. The minimum absolute atomic E-state index is 0.0718. The summed E-state index contributed by atoms with van der Waals surface area (Å²) in [6, 6.07) is 21.4. The Morgan fingerprint density at radius 1 is 0.800 bits per heavy atom. The van der Waals surface area contributed by atoms with Crippen molar-refractivity contribution >= 4 is 23.3 Å². The van der Waals surface area contributed by atoms with Crippen molar-refractivity contribution in [1.29, 1.82) is 0 Å². The highest BCUT2D eigenvalue weighted by molar-refractivity contribution is 6.09. The van der Waals surface area contributed by atoms with Crippen LogP contribution >= 0.6 is 0 Å². The number of halogens is 1. The molecule has 3 aromatic carbocycles. The van der Waals surface area contributed by atoms with Crippen molar-refractivity contribution < 1.29 is 23.5 Å². The highest BCUT2D eigenvalue weighted by Crippen LogP contribution is 2.16. The highest BCUT2D eigenvalue weighted by atomic mass is 19.1. The number of benzene rings is 3. The molecule has 0 atom stereocenters. The molecule has 1 aliphatic rings. The number of piperazine rings is 1. The van der Waals surface area contributed by atoms with E-state index in [1.807, 2.05) is 23.1 Å². The van der Waals surface area contributed by atoms with Gasteiger partial charge in [0.2, 0.25) is 5.91 Å². The van der Waals surface area contributed by atoms with Crippen molar-refractivity contribution in [3.8, 4) is 5.75 Å². The second-order valence-electron chi connectivity index (χ2n) is 8.22. The molecule has 0 saturated carbocycles. The molecule has 4 rings (SSSR count). The fourth-order valence-corrected chi connectivity index (χ4v) is 3.79. The zero-order valence-corrected chi connectivity index (χ0v) is 19.2. The van der Waals surface area contributed by atoms with E-state index >= 15 is 0 Å². The summed E-state index contributed by atoms with van der Waals surface area (Å²) in [7, 11) is 0. The number of nitrogens with one attached hydrogen (secondary N) is 1. The number of carbonyl (C=O) groups is 3. The number of anilines is 1. The van der Waals surface area contributed by atoms with Crippen LogP contribution in [-0.2, 0) is 9.59 Å². The SMILES string of the molecule is O=C(CN1CCN(C(=O)COc2ccc(C(=O)c3ccccc3)cc2)CC1)Nc1ccc(F)cc1. The van der Waals surface area contributed by atoms with Crippen LogP contribution < -0.4 is 10.1 Å². The Labute approximate surface area is 203 Å². The molecule has 1 heterocycles. The van der Waals surface area contributed by atoms with E-state index in [0.29, 0.717) is 48.7 Å². The van der Waals surface area contributed by atoms with Gasteiger partial charge in [0.15, 0.2) is 12.4 Å². The molecule has 0 aliphatic carbocycles. The normalized spacial score (nSPS) is 13.8. The van der Waals surface area contributed by atoms with Crippen LogP contribution in [0, 0.1) is 5.82 Å². The molecular formula is C27H26FN3O4. The smallest absolute Gasteiger partial charge is 0.260 e. The molecule has 0 radical (unpaired) electrons. The van der Waals surface area contributed by atoms with Crippen molar-refractivity contribution in [2.75, 3.05) is 44.6 Å². The van der Waals surface area contributed by atoms with Gasteiger partial charge in [-0.2, -0.15) is 0 Å². The molecule has 1 aliphatic heterocycles. The molecule has 3 aromatic rings. The monoisotopic (exact) mass is 475 g/mol. The molecule has 2 amide bonds. The Kier molecular flexibility index (Phi) is 7.84. The number of nitrogens with zero attached hydrogens (tertiary/aromatic N) is 2. The molecule has 0 bridgehead atoms. The number of ketones is 1. The van der Waals surface area contributed by atoms with Gasteiger partial charge in [0.05, 0.1) is 6.54 Å². The number of amides is 2. The van der Waals surface area contributed by atoms with E-state index in [1.165, 1.54) is 24.3 Å². The van der Waals surface area contributed by atoms with Gasteiger partial charge in [-0.05, 0) is 48.5 Å². The lowest BCUT2D eigenvalue weighted by molar-refractivity contribution is -0.135. The minimum Gasteiger partial charge on any atom is -0.484 e. The summed E-state index contributed by atoms with van der Waals surface area (Å²) < 4.78 is 18.6. The number of hydrogen-bond donors (Lipinski definition) is 1. The van der Waals surface area contributed by atoms with Gasteiger partial charge in [0, 0.05) is 43.0 Å². The first-order chi connectivity index (χ1) is 17.0. The highest BCUT2D eigenvalue weighted by Gasteiger charge is 2.23. The first-order valence-corrected chi connectivity index (χ1v) is 11.4. The second kappa shape index (κ2) is 11.4. The third-order valence-electron chi connectivity index (χ3n) is 5.73. The van der Waals surface area contributed by atoms with Gasteiger partial charge < -0.3 is 15.0 Å². The Hall–Kier alpha value is -4.04. The van der Waals surface area contributed by atoms with Crippen LogP contribution in [0.25, 0.3) is 0 Å². The van der Waals surface area contributed by atoms with Gasteiger partial charge >= 0.3 is 0 Å². The number of carbonyl (C=O) groups excluding carboxylic acids is 3. The first kappa shape index (κ1) is 24.1. The maximum atomic E-state index is 13.0. The maximum absolute atomic E-state index is 13.0. The lowest BCUT2D eigenvalue weighted by Crippen LogP contribution is -2.51. The summed E-state index contributed by atoms with van der Waals surface area (Å²) in [6.07, 6.45) is 0. The molecular weight excluding hydrogens is 449 g/mol. The molecule has 0 unspecified atom stereocenters. The Morgan fingerprint density at radius 3 is 2.09 bits per heavy atom. The fourth-order valence-electron chi connectivity index (χ4n) is 3.79. The molecule has 1 fully saturated rings. The summed E-state index contributed by atoms with van der Waals surface area (Å²) in [5.74, 6) is -0.238. The topological polar surface area (TPSA) is 79.0 Å². The van der Waals surface area contributed by atoms with Crippen LogP contribution in [0.2, 0.25) is 0 Å². The third-order valence-corrected chi connectivity index (χ3v) is 5.73. The van der Waals surface area contributed by atoms with E-state index in [1.54, 1.807) is 41.3 Å². The summed E-state index contributed by atoms with van der Waals surface area (Å²) in [5.41, 5.74) is 1.71. The van der Waals surface area contributed by atoms with Crippen LogP contribution in [0.3, 0.4) is 0 Å². The van der Waals surface area contributed by atoms with Crippen molar-refractivity contribution in [3.63, 3.8) is 0 Å². The number of rotatable bonds is 8. The zero-order chi connectivity index (χ0) is 24.6. The van der Waals surface area contributed by atoms with Gasteiger partial charge in [-0.15, -0.1) is 0 Å². The third kappa shape index (κ3) is 6.74.